The van der Waals surface area contributed by atoms with E-state index in [1.807, 2.05) is 52.1 Å². The van der Waals surface area contributed by atoms with Gasteiger partial charge in [-0.15, -0.1) is 0 Å². The van der Waals surface area contributed by atoms with Crippen LogP contribution in [0.4, 0.5) is 14.9 Å². The zero-order chi connectivity index (χ0) is 32.5. The summed E-state index contributed by atoms with van der Waals surface area (Å²) in [6.07, 6.45) is 4.07. The van der Waals surface area contributed by atoms with Crippen molar-refractivity contribution in [3.63, 3.8) is 0 Å². The second-order valence-corrected chi connectivity index (χ2v) is 12.9. The van der Waals surface area contributed by atoms with Crippen molar-refractivity contribution >= 4 is 23.8 Å². The monoisotopic (exact) mass is 630 g/mol. The summed E-state index contributed by atoms with van der Waals surface area (Å²) in [5.41, 5.74) is 2.17. The molecule has 1 amide bonds. The molecule has 0 aliphatic carbocycles. The number of β-amino-alcohol motifs (C(OH)–C–C–N with tert-alkyl or cyclic N) is 1. The number of cyclic esters (lactones) is 1. The number of anilines is 1. The summed E-state index contributed by atoms with van der Waals surface area (Å²) in [5, 5.41) is 19.9. The van der Waals surface area contributed by atoms with Gasteiger partial charge in [-0.1, -0.05) is 26.0 Å². The molecule has 11 heteroatoms. The van der Waals surface area contributed by atoms with Crippen molar-refractivity contribution in [1.82, 2.24) is 14.7 Å². The van der Waals surface area contributed by atoms with Crippen molar-refractivity contribution in [1.29, 1.82) is 0 Å². The summed E-state index contributed by atoms with van der Waals surface area (Å²) in [5.74, 6) is -1.20. The highest BCUT2D eigenvalue weighted by Crippen LogP contribution is 2.27. The molecule has 2 saturated heterocycles. The molecular weight excluding hydrogens is 579 g/mol. The average Bonchev–Trinajstić information content (AvgIpc) is 3.00. The summed E-state index contributed by atoms with van der Waals surface area (Å²) in [6.45, 7) is 12.4. The Labute approximate surface area is 267 Å². The Hall–Kier alpha value is -2.99. The summed E-state index contributed by atoms with van der Waals surface area (Å²) in [6, 6.07) is 4.93. The molecule has 2 N–H and O–H groups in total. The maximum absolute atomic E-state index is 14.8. The van der Waals surface area contributed by atoms with Gasteiger partial charge in [-0.3, -0.25) is 9.69 Å². The molecule has 45 heavy (non-hydrogen) atoms. The fourth-order valence-electron chi connectivity index (χ4n) is 6.21. The Morgan fingerprint density at radius 2 is 1.76 bits per heavy atom. The fourth-order valence-corrected chi connectivity index (χ4v) is 6.21. The normalized spacial score (nSPS) is 29.0. The number of piperazine rings is 2. The predicted octanol–water partition coefficient (Wildman–Crippen LogP) is 3.38. The van der Waals surface area contributed by atoms with Crippen molar-refractivity contribution in [2.75, 3.05) is 77.5 Å². The van der Waals surface area contributed by atoms with E-state index < -0.39 is 24.3 Å². The van der Waals surface area contributed by atoms with E-state index in [1.165, 1.54) is 12.1 Å². The molecule has 1 aromatic rings. The quantitative estimate of drug-likeness (QED) is 0.362. The van der Waals surface area contributed by atoms with Gasteiger partial charge >= 0.3 is 12.1 Å². The first-order valence-electron chi connectivity index (χ1n) is 16.3. The molecule has 0 aromatic heterocycles. The molecule has 1 aromatic carbocycles. The van der Waals surface area contributed by atoms with E-state index in [-0.39, 0.29) is 36.8 Å². The van der Waals surface area contributed by atoms with Crippen molar-refractivity contribution in [2.24, 2.45) is 11.8 Å². The maximum Gasteiger partial charge on any atom is 0.410 e. The minimum absolute atomic E-state index is 0.0683. The minimum Gasteiger partial charge on any atom is -0.457 e. The number of ether oxygens (including phenoxy) is 2. The number of hydrogen-bond acceptors (Lipinski definition) is 9. The lowest BCUT2D eigenvalue weighted by Gasteiger charge is -2.36. The number of carbonyl (C=O) groups is 2. The smallest absolute Gasteiger partial charge is 0.410 e. The van der Waals surface area contributed by atoms with Gasteiger partial charge in [0.1, 0.15) is 18.0 Å². The molecule has 0 spiro atoms. The Kier molecular flexibility index (Phi) is 12.8. The number of hydrogen-bond donors (Lipinski definition) is 2. The molecule has 2 fully saturated rings. The number of amides is 1. The predicted molar refractivity (Wildman–Crippen MR) is 172 cm³/mol. The highest BCUT2D eigenvalue weighted by Gasteiger charge is 2.29. The number of halogens is 1. The van der Waals surface area contributed by atoms with Crippen LogP contribution in [0.2, 0.25) is 0 Å². The van der Waals surface area contributed by atoms with Gasteiger partial charge in [0.2, 0.25) is 0 Å². The van der Waals surface area contributed by atoms with Gasteiger partial charge < -0.3 is 34.4 Å². The van der Waals surface area contributed by atoms with Gasteiger partial charge in [-0.2, -0.15) is 0 Å². The third-order valence-corrected chi connectivity index (χ3v) is 9.16. The van der Waals surface area contributed by atoms with Gasteiger partial charge in [-0.05, 0) is 68.1 Å². The lowest BCUT2D eigenvalue weighted by molar-refractivity contribution is -0.151. The van der Waals surface area contributed by atoms with E-state index in [1.54, 1.807) is 4.90 Å². The molecule has 3 aliphatic heterocycles. The van der Waals surface area contributed by atoms with Crippen LogP contribution in [0.5, 0.6) is 0 Å². The first-order chi connectivity index (χ1) is 21.5. The van der Waals surface area contributed by atoms with Gasteiger partial charge in [0, 0.05) is 70.5 Å². The molecular formula is C34H51FN4O6. The van der Waals surface area contributed by atoms with Crippen molar-refractivity contribution in [2.45, 2.75) is 58.3 Å². The number of likely N-dealkylation sites (N-methyl/N-ethyl adjacent to an activating group) is 1. The van der Waals surface area contributed by atoms with Gasteiger partial charge in [-0.25, -0.2) is 9.18 Å². The second kappa shape index (κ2) is 16.5. The second-order valence-electron chi connectivity index (χ2n) is 12.9. The highest BCUT2D eigenvalue weighted by atomic mass is 19.1. The van der Waals surface area contributed by atoms with Gasteiger partial charge in [0.05, 0.1) is 19.1 Å². The molecule has 0 unspecified atom stereocenters. The largest absolute Gasteiger partial charge is 0.457 e. The van der Waals surface area contributed by atoms with E-state index in [0.717, 1.165) is 50.5 Å². The maximum atomic E-state index is 14.8. The van der Waals surface area contributed by atoms with Crippen LogP contribution in [-0.4, -0.2) is 128 Å². The summed E-state index contributed by atoms with van der Waals surface area (Å²) in [7, 11) is 2.03. The zero-order valence-electron chi connectivity index (χ0n) is 27.2. The molecule has 0 radical (unpaired) electrons. The summed E-state index contributed by atoms with van der Waals surface area (Å²) < 4.78 is 26.8. The van der Waals surface area contributed by atoms with Crippen LogP contribution in [0.15, 0.2) is 35.9 Å². The third-order valence-electron chi connectivity index (χ3n) is 9.16. The number of carbonyl (C=O) groups excluding carboxylic acids is 2. The number of benzene rings is 1. The third kappa shape index (κ3) is 10.3. The number of nitrogens with zero attached hydrogens (tertiary/aromatic N) is 4. The van der Waals surface area contributed by atoms with Crippen LogP contribution in [0.3, 0.4) is 0 Å². The molecule has 0 saturated carbocycles. The molecule has 10 nitrogen and oxygen atoms in total. The average molecular weight is 631 g/mol. The fraction of sp³-hybridized carbons (Fsp3) is 0.647. The number of rotatable bonds is 6. The van der Waals surface area contributed by atoms with Gasteiger partial charge in [0.15, 0.2) is 0 Å². The Balaban J connectivity index is 1.53. The van der Waals surface area contributed by atoms with E-state index in [4.69, 9.17) is 9.47 Å². The van der Waals surface area contributed by atoms with Crippen LogP contribution in [0.25, 0.3) is 6.08 Å². The summed E-state index contributed by atoms with van der Waals surface area (Å²) in [4.78, 5) is 34.2. The Morgan fingerprint density at radius 1 is 1.04 bits per heavy atom. The standard InChI is InChI=1S/C34H51FN4O6/c1-24-5-7-30(41)23-32(42)45-33(25(2)6-8-31(24)44-34(43)39-13-9-36(4)10-14-39)26(3)19-27-20-28(35)22-29(21-27)38-15-11-37(12-16-38)17-18-40/h6,8,19-22,24-25,30-31,33,40-41H,5,7,9-18,23H2,1-4H3/b8-6+,26-19+/t24-,25-,30+,31-,33-/m0/s1. The van der Waals surface area contributed by atoms with E-state index in [0.29, 0.717) is 38.0 Å². The number of aliphatic hydroxyl groups excluding tert-OH is 2. The minimum atomic E-state index is -0.874. The summed E-state index contributed by atoms with van der Waals surface area (Å²) >= 11 is 0. The van der Waals surface area contributed by atoms with Crippen LogP contribution >= 0.6 is 0 Å². The van der Waals surface area contributed by atoms with Crippen LogP contribution in [0, 0.1) is 17.7 Å². The van der Waals surface area contributed by atoms with Crippen molar-refractivity contribution < 1.29 is 33.7 Å². The highest BCUT2D eigenvalue weighted by molar-refractivity contribution is 5.71. The molecule has 3 heterocycles. The van der Waals surface area contributed by atoms with E-state index >= 15 is 0 Å². The molecule has 5 atom stereocenters. The molecule has 0 bridgehead atoms. The number of aliphatic hydroxyl groups is 2. The SMILES string of the molecule is C/C(=C\c1cc(F)cc(N2CCN(CCO)CC2)c1)[C@H]1OC(=O)C[C@H](O)CC[C@H](C)[C@@H](OC(=O)N2CCN(C)CC2)/C=C/[C@@H]1C. The number of esters is 1. The molecule has 250 valence electrons. The van der Waals surface area contributed by atoms with Crippen LogP contribution < -0.4 is 4.90 Å². The van der Waals surface area contributed by atoms with Crippen molar-refractivity contribution in [3.8, 4) is 0 Å². The van der Waals surface area contributed by atoms with E-state index in [2.05, 4.69) is 14.7 Å². The van der Waals surface area contributed by atoms with Crippen molar-refractivity contribution in [3.05, 3.63) is 47.3 Å². The van der Waals surface area contributed by atoms with E-state index in [9.17, 15) is 24.2 Å². The zero-order valence-corrected chi connectivity index (χ0v) is 27.2. The molecule has 3 aliphatic rings. The Morgan fingerprint density at radius 3 is 2.44 bits per heavy atom. The molecule has 4 rings (SSSR count). The lowest BCUT2D eigenvalue weighted by Crippen LogP contribution is -2.48. The van der Waals surface area contributed by atoms with Crippen LogP contribution in [0.1, 0.15) is 45.6 Å². The first-order valence-corrected chi connectivity index (χ1v) is 16.3. The van der Waals surface area contributed by atoms with Gasteiger partial charge in [0.25, 0.3) is 0 Å². The topological polar surface area (TPSA) is 106 Å². The first kappa shape index (κ1) is 34.9. The van der Waals surface area contributed by atoms with Crippen LogP contribution in [-0.2, 0) is 14.3 Å². The lowest BCUT2D eigenvalue weighted by atomic mass is 9.91. The Bertz CT molecular complexity index is 1200.